The fourth-order valence-electron chi connectivity index (χ4n) is 2.46. The number of carboxylic acid groups (broad SMARTS) is 1. The first-order valence-corrected chi connectivity index (χ1v) is 7.57. The van der Waals surface area contributed by atoms with E-state index in [4.69, 9.17) is 10.8 Å². The summed E-state index contributed by atoms with van der Waals surface area (Å²) in [5, 5.41) is 14.0. The van der Waals surface area contributed by atoms with Crippen LogP contribution >= 0.6 is 0 Å². The number of aliphatic carboxylic acids is 1. The lowest BCUT2D eigenvalue weighted by Gasteiger charge is -2.24. The van der Waals surface area contributed by atoms with E-state index in [2.05, 4.69) is 10.6 Å². The number of nitrogens with two attached hydrogens (primary N) is 1. The lowest BCUT2D eigenvalue weighted by Crippen LogP contribution is -2.53. The summed E-state index contributed by atoms with van der Waals surface area (Å²) < 4.78 is 0. The zero-order chi connectivity index (χ0) is 17.6. The highest BCUT2D eigenvalue weighted by Gasteiger charge is 2.34. The quantitative estimate of drug-likeness (QED) is 0.438. The van der Waals surface area contributed by atoms with Crippen LogP contribution in [0.1, 0.15) is 26.7 Å². The van der Waals surface area contributed by atoms with Gasteiger partial charge in [0.05, 0.1) is 13.1 Å². The molecule has 1 fully saturated rings. The molecule has 0 saturated carbocycles. The zero-order valence-electron chi connectivity index (χ0n) is 13.4. The lowest BCUT2D eigenvalue weighted by molar-refractivity contribution is -0.148. The van der Waals surface area contributed by atoms with Crippen molar-refractivity contribution in [3.05, 3.63) is 0 Å². The molecule has 1 saturated heterocycles. The predicted molar refractivity (Wildman–Crippen MR) is 81.2 cm³/mol. The maximum absolute atomic E-state index is 12.1. The fourth-order valence-corrected chi connectivity index (χ4v) is 2.46. The molecule has 23 heavy (non-hydrogen) atoms. The molecule has 1 aliphatic heterocycles. The Bertz CT molecular complexity index is 480. The second kappa shape index (κ2) is 8.47. The Labute approximate surface area is 134 Å². The van der Waals surface area contributed by atoms with E-state index in [0.717, 1.165) is 0 Å². The summed E-state index contributed by atoms with van der Waals surface area (Å²) in [6.45, 7) is 3.34. The van der Waals surface area contributed by atoms with Crippen molar-refractivity contribution in [1.82, 2.24) is 15.5 Å². The molecule has 1 heterocycles. The molecule has 0 aromatic carbocycles. The summed E-state index contributed by atoms with van der Waals surface area (Å²) >= 11 is 0. The Morgan fingerprint density at radius 3 is 2.48 bits per heavy atom. The number of hydrogen-bond donors (Lipinski definition) is 4. The summed E-state index contributed by atoms with van der Waals surface area (Å²) in [5.41, 5.74) is 5.21. The molecule has 2 atom stereocenters. The first-order valence-electron chi connectivity index (χ1n) is 7.57. The third-order valence-corrected chi connectivity index (χ3v) is 3.72. The topological polar surface area (TPSA) is 142 Å². The smallest absolute Gasteiger partial charge is 0.326 e. The number of amides is 3. The van der Waals surface area contributed by atoms with Crippen molar-refractivity contribution in [3.63, 3.8) is 0 Å². The number of carbonyl (C=O) groups is 4. The van der Waals surface area contributed by atoms with E-state index in [9.17, 15) is 19.2 Å². The summed E-state index contributed by atoms with van der Waals surface area (Å²) in [6.07, 6.45) is 1.04. The van der Waals surface area contributed by atoms with Crippen LogP contribution in [0.15, 0.2) is 0 Å². The van der Waals surface area contributed by atoms with Crippen molar-refractivity contribution < 1.29 is 24.3 Å². The average molecular weight is 328 g/mol. The summed E-state index contributed by atoms with van der Waals surface area (Å²) in [6, 6.07) is -1.63. The van der Waals surface area contributed by atoms with Crippen molar-refractivity contribution in [2.24, 2.45) is 11.7 Å². The molecule has 1 rings (SSSR count). The van der Waals surface area contributed by atoms with Crippen LogP contribution in [0, 0.1) is 5.92 Å². The number of carbonyl (C=O) groups excluding carboxylic acids is 3. The summed E-state index contributed by atoms with van der Waals surface area (Å²) in [4.78, 5) is 47.9. The van der Waals surface area contributed by atoms with Crippen LogP contribution in [0.2, 0.25) is 0 Å². The second-order valence-electron chi connectivity index (χ2n) is 5.79. The third kappa shape index (κ3) is 5.20. The molecule has 2 unspecified atom stereocenters. The normalized spacial score (nSPS) is 18.6. The number of rotatable bonds is 7. The molecule has 3 amide bonds. The van der Waals surface area contributed by atoms with E-state index in [-0.39, 0.29) is 19.0 Å². The number of nitrogens with one attached hydrogen (secondary N) is 2. The molecule has 0 aromatic rings. The zero-order valence-corrected chi connectivity index (χ0v) is 13.4. The van der Waals surface area contributed by atoms with Crippen LogP contribution in [0.5, 0.6) is 0 Å². The first kappa shape index (κ1) is 18.9. The van der Waals surface area contributed by atoms with Crippen LogP contribution in [-0.2, 0) is 19.2 Å². The van der Waals surface area contributed by atoms with Crippen molar-refractivity contribution >= 4 is 23.7 Å². The van der Waals surface area contributed by atoms with Crippen LogP contribution in [0.4, 0.5) is 0 Å². The SMILES string of the molecule is CC(C)C(NC(=O)CN)C(=O)NCC(=O)N1CCCC1C(=O)O. The maximum atomic E-state index is 12.1. The highest BCUT2D eigenvalue weighted by Crippen LogP contribution is 2.17. The maximum Gasteiger partial charge on any atom is 0.326 e. The molecular weight excluding hydrogens is 304 g/mol. The standard InChI is InChI=1S/C14H24N4O5/c1-8(2)12(17-10(19)6-15)13(21)16-7-11(20)18-5-3-4-9(18)14(22)23/h8-9,12H,3-7,15H2,1-2H3,(H,16,21)(H,17,19)(H,22,23). The van der Waals surface area contributed by atoms with E-state index >= 15 is 0 Å². The molecule has 0 radical (unpaired) electrons. The van der Waals surface area contributed by atoms with E-state index in [1.165, 1.54) is 4.90 Å². The molecule has 1 aliphatic rings. The van der Waals surface area contributed by atoms with Crippen molar-refractivity contribution in [2.75, 3.05) is 19.6 Å². The Morgan fingerprint density at radius 1 is 1.30 bits per heavy atom. The van der Waals surface area contributed by atoms with E-state index in [0.29, 0.717) is 19.4 Å². The minimum absolute atomic E-state index is 0.181. The predicted octanol–water partition coefficient (Wildman–Crippen LogP) is -1.72. The van der Waals surface area contributed by atoms with E-state index < -0.39 is 35.8 Å². The van der Waals surface area contributed by atoms with Gasteiger partial charge in [0.1, 0.15) is 12.1 Å². The minimum atomic E-state index is -1.04. The fraction of sp³-hybridized carbons (Fsp3) is 0.714. The molecule has 0 spiro atoms. The Morgan fingerprint density at radius 2 is 1.96 bits per heavy atom. The average Bonchev–Trinajstić information content (AvgIpc) is 2.99. The Hall–Kier alpha value is -2.16. The molecule has 130 valence electrons. The van der Waals surface area contributed by atoms with Crippen LogP contribution in [-0.4, -0.2) is 65.4 Å². The van der Waals surface area contributed by atoms with Crippen molar-refractivity contribution in [3.8, 4) is 0 Å². The van der Waals surface area contributed by atoms with Gasteiger partial charge in [-0.2, -0.15) is 0 Å². The van der Waals surface area contributed by atoms with Gasteiger partial charge in [-0.1, -0.05) is 13.8 Å². The van der Waals surface area contributed by atoms with Gasteiger partial charge in [-0.05, 0) is 18.8 Å². The van der Waals surface area contributed by atoms with E-state index in [1.807, 2.05) is 0 Å². The van der Waals surface area contributed by atoms with Crippen LogP contribution in [0.3, 0.4) is 0 Å². The van der Waals surface area contributed by atoms with Crippen LogP contribution < -0.4 is 16.4 Å². The van der Waals surface area contributed by atoms with Gasteiger partial charge in [-0.25, -0.2) is 4.79 Å². The van der Waals surface area contributed by atoms with E-state index in [1.54, 1.807) is 13.8 Å². The Balaban J connectivity index is 2.57. The number of carboxylic acids is 1. The van der Waals surface area contributed by atoms with Gasteiger partial charge in [-0.3, -0.25) is 14.4 Å². The molecule has 0 bridgehead atoms. The van der Waals surface area contributed by atoms with Gasteiger partial charge in [0.2, 0.25) is 17.7 Å². The van der Waals surface area contributed by atoms with Crippen molar-refractivity contribution in [1.29, 1.82) is 0 Å². The van der Waals surface area contributed by atoms with Gasteiger partial charge in [0.25, 0.3) is 0 Å². The molecule has 0 aliphatic carbocycles. The molecule has 0 aromatic heterocycles. The number of nitrogens with zero attached hydrogens (tertiary/aromatic N) is 1. The first-order chi connectivity index (χ1) is 10.8. The third-order valence-electron chi connectivity index (χ3n) is 3.72. The summed E-state index contributed by atoms with van der Waals surface area (Å²) in [7, 11) is 0. The molecule has 9 heteroatoms. The minimum Gasteiger partial charge on any atom is -0.480 e. The number of likely N-dealkylation sites (tertiary alicyclic amines) is 1. The molecular formula is C14H24N4O5. The monoisotopic (exact) mass is 328 g/mol. The highest BCUT2D eigenvalue weighted by atomic mass is 16.4. The lowest BCUT2D eigenvalue weighted by atomic mass is 10.0. The van der Waals surface area contributed by atoms with Gasteiger partial charge in [-0.15, -0.1) is 0 Å². The van der Waals surface area contributed by atoms with Gasteiger partial charge in [0.15, 0.2) is 0 Å². The van der Waals surface area contributed by atoms with Gasteiger partial charge >= 0.3 is 5.97 Å². The Kier molecular flexibility index (Phi) is 6.95. The highest BCUT2D eigenvalue weighted by molar-refractivity contribution is 5.92. The van der Waals surface area contributed by atoms with Crippen LogP contribution in [0.25, 0.3) is 0 Å². The van der Waals surface area contributed by atoms with Gasteiger partial charge in [0, 0.05) is 6.54 Å². The van der Waals surface area contributed by atoms with Gasteiger partial charge < -0.3 is 26.4 Å². The molecule has 5 N–H and O–H groups in total. The largest absolute Gasteiger partial charge is 0.480 e. The number of hydrogen-bond acceptors (Lipinski definition) is 5. The van der Waals surface area contributed by atoms with Crippen molar-refractivity contribution in [2.45, 2.75) is 38.8 Å². The molecule has 9 nitrogen and oxygen atoms in total. The summed E-state index contributed by atoms with van der Waals surface area (Å²) in [5.74, 6) is -2.63. The second-order valence-corrected chi connectivity index (χ2v) is 5.79.